The van der Waals surface area contributed by atoms with Crippen molar-refractivity contribution in [1.82, 2.24) is 14.8 Å². The molecule has 0 bridgehead atoms. The van der Waals surface area contributed by atoms with Crippen molar-refractivity contribution in [2.45, 2.75) is 31.7 Å². The molecule has 1 atom stereocenters. The summed E-state index contributed by atoms with van der Waals surface area (Å²) >= 11 is 8.59. The van der Waals surface area contributed by atoms with Crippen molar-refractivity contribution < 1.29 is 19.1 Å². The largest absolute Gasteiger partial charge is 0.483 e. The van der Waals surface area contributed by atoms with Crippen LogP contribution in [0.25, 0.3) is 11.1 Å². The number of nitrogens with zero attached hydrogens (tertiary/aromatic N) is 3. The Morgan fingerprint density at radius 1 is 1.16 bits per heavy atom. The molecule has 37 heavy (non-hydrogen) atoms. The standard InChI is InChI=1S/C26H25ClN4O4S2/c1-4-31-23(16(2)35-19-12-8-11-18(27)13-19)29-30-26(31)37-15-21(32)28-24-22(25(33)34-3)20(14-36-24)17-9-6-5-7-10-17/h5-14,16H,4,15H2,1-3H3,(H,28,32). The normalized spacial score (nSPS) is 11.7. The van der Waals surface area contributed by atoms with Gasteiger partial charge in [-0.1, -0.05) is 59.8 Å². The number of thioether (sulfide) groups is 1. The first-order chi connectivity index (χ1) is 17.9. The first kappa shape index (κ1) is 26.7. The number of halogens is 1. The molecule has 0 aliphatic rings. The Morgan fingerprint density at radius 3 is 2.65 bits per heavy atom. The lowest BCUT2D eigenvalue weighted by atomic mass is 10.0. The fourth-order valence-electron chi connectivity index (χ4n) is 3.68. The molecule has 2 aromatic heterocycles. The van der Waals surface area contributed by atoms with Crippen molar-refractivity contribution in [3.63, 3.8) is 0 Å². The van der Waals surface area contributed by atoms with Crippen molar-refractivity contribution in [3.8, 4) is 16.9 Å². The van der Waals surface area contributed by atoms with E-state index in [9.17, 15) is 9.59 Å². The SMILES string of the molecule is CCn1c(SCC(=O)Nc2scc(-c3ccccc3)c2C(=O)OC)nnc1C(C)Oc1cccc(Cl)c1. The molecule has 4 aromatic rings. The summed E-state index contributed by atoms with van der Waals surface area (Å²) in [6.07, 6.45) is -0.376. The number of ether oxygens (including phenoxy) is 2. The number of nitrogens with one attached hydrogen (secondary N) is 1. The number of methoxy groups -OCH3 is 1. The molecule has 4 rings (SSSR count). The third-order valence-corrected chi connectivity index (χ3v) is 7.48. The lowest BCUT2D eigenvalue weighted by Gasteiger charge is -2.15. The van der Waals surface area contributed by atoms with Gasteiger partial charge in [-0.25, -0.2) is 4.79 Å². The van der Waals surface area contributed by atoms with E-state index in [-0.39, 0.29) is 17.8 Å². The molecule has 0 aliphatic carbocycles. The van der Waals surface area contributed by atoms with E-state index in [1.54, 1.807) is 12.1 Å². The maximum Gasteiger partial charge on any atom is 0.341 e. The first-order valence-electron chi connectivity index (χ1n) is 11.4. The molecule has 11 heteroatoms. The molecule has 2 heterocycles. The van der Waals surface area contributed by atoms with Gasteiger partial charge in [-0.05, 0) is 37.6 Å². The highest BCUT2D eigenvalue weighted by molar-refractivity contribution is 7.99. The highest BCUT2D eigenvalue weighted by atomic mass is 35.5. The molecule has 1 N–H and O–H groups in total. The fourth-order valence-corrected chi connectivity index (χ4v) is 5.64. The van der Waals surface area contributed by atoms with Gasteiger partial charge in [0.1, 0.15) is 16.3 Å². The number of anilines is 1. The van der Waals surface area contributed by atoms with Gasteiger partial charge in [-0.3, -0.25) is 4.79 Å². The van der Waals surface area contributed by atoms with E-state index >= 15 is 0 Å². The molecule has 0 saturated heterocycles. The number of carbonyl (C=O) groups is 2. The molecule has 8 nitrogen and oxygen atoms in total. The Kier molecular flexibility index (Phi) is 8.86. The van der Waals surface area contributed by atoms with E-state index in [1.807, 2.05) is 66.3 Å². The fraction of sp³-hybridized carbons (Fsp3) is 0.231. The summed E-state index contributed by atoms with van der Waals surface area (Å²) in [5, 5.41) is 14.9. The lowest BCUT2D eigenvalue weighted by molar-refractivity contribution is -0.113. The quantitative estimate of drug-likeness (QED) is 0.180. The number of hydrogen-bond donors (Lipinski definition) is 1. The maximum absolute atomic E-state index is 12.8. The van der Waals surface area contributed by atoms with Crippen LogP contribution in [0, 0.1) is 0 Å². The summed E-state index contributed by atoms with van der Waals surface area (Å²) in [6, 6.07) is 16.6. The number of aromatic nitrogens is 3. The molecule has 192 valence electrons. The smallest absolute Gasteiger partial charge is 0.341 e. The van der Waals surface area contributed by atoms with Crippen LogP contribution in [-0.4, -0.2) is 39.5 Å². The maximum atomic E-state index is 12.8. The second-order valence-corrected chi connectivity index (χ2v) is 10.1. The Hall–Kier alpha value is -3.34. The number of amides is 1. The van der Waals surface area contributed by atoms with Crippen LogP contribution in [0.4, 0.5) is 5.00 Å². The van der Waals surface area contributed by atoms with E-state index in [2.05, 4.69) is 15.5 Å². The van der Waals surface area contributed by atoms with Crippen molar-refractivity contribution in [2.75, 3.05) is 18.2 Å². The van der Waals surface area contributed by atoms with E-state index in [1.165, 1.54) is 30.2 Å². The number of hydrogen-bond acceptors (Lipinski definition) is 8. The lowest BCUT2D eigenvalue weighted by Crippen LogP contribution is -2.17. The van der Waals surface area contributed by atoms with Gasteiger partial charge in [0.2, 0.25) is 5.91 Å². The predicted molar refractivity (Wildman–Crippen MR) is 147 cm³/mol. The van der Waals surface area contributed by atoms with E-state index in [0.717, 1.165) is 5.56 Å². The highest BCUT2D eigenvalue weighted by Gasteiger charge is 2.23. The van der Waals surface area contributed by atoms with Crippen molar-refractivity contribution in [2.24, 2.45) is 0 Å². The summed E-state index contributed by atoms with van der Waals surface area (Å²) in [6.45, 7) is 4.46. The van der Waals surface area contributed by atoms with Crippen LogP contribution in [0.1, 0.15) is 36.1 Å². The second-order valence-electron chi connectivity index (χ2n) is 7.85. The van der Waals surface area contributed by atoms with Gasteiger partial charge in [0.15, 0.2) is 17.1 Å². The summed E-state index contributed by atoms with van der Waals surface area (Å²) < 4.78 is 12.9. The Morgan fingerprint density at radius 2 is 1.95 bits per heavy atom. The summed E-state index contributed by atoms with van der Waals surface area (Å²) in [4.78, 5) is 25.4. The molecule has 2 aromatic carbocycles. The van der Waals surface area contributed by atoms with Gasteiger partial charge in [0, 0.05) is 22.5 Å². The highest BCUT2D eigenvalue weighted by Crippen LogP contribution is 2.36. The van der Waals surface area contributed by atoms with Crippen LogP contribution in [0.15, 0.2) is 65.1 Å². The topological polar surface area (TPSA) is 95.3 Å². The van der Waals surface area contributed by atoms with Gasteiger partial charge in [-0.2, -0.15) is 0 Å². The van der Waals surface area contributed by atoms with E-state index in [4.69, 9.17) is 21.1 Å². The number of benzene rings is 2. The van der Waals surface area contributed by atoms with Gasteiger partial charge in [0.05, 0.1) is 12.9 Å². The van der Waals surface area contributed by atoms with E-state index in [0.29, 0.717) is 44.4 Å². The van der Waals surface area contributed by atoms with Crippen molar-refractivity contribution >= 4 is 51.6 Å². The number of rotatable bonds is 10. The van der Waals surface area contributed by atoms with Gasteiger partial charge < -0.3 is 19.4 Å². The van der Waals surface area contributed by atoms with Crippen LogP contribution < -0.4 is 10.1 Å². The average molecular weight is 557 g/mol. The Labute approximate surface area is 228 Å². The number of esters is 1. The van der Waals surface area contributed by atoms with Gasteiger partial charge in [-0.15, -0.1) is 21.5 Å². The van der Waals surface area contributed by atoms with E-state index < -0.39 is 5.97 Å². The summed E-state index contributed by atoms with van der Waals surface area (Å²) in [5.41, 5.74) is 1.92. The Bertz CT molecular complexity index is 1390. The summed E-state index contributed by atoms with van der Waals surface area (Å²) in [5.74, 6) is 0.579. The number of carbonyl (C=O) groups excluding carboxylic acids is 2. The van der Waals surface area contributed by atoms with Crippen molar-refractivity contribution in [1.29, 1.82) is 0 Å². The minimum absolute atomic E-state index is 0.0842. The first-order valence-corrected chi connectivity index (χ1v) is 13.7. The molecule has 0 aliphatic heterocycles. The predicted octanol–water partition coefficient (Wildman–Crippen LogP) is 6.34. The van der Waals surface area contributed by atoms with Gasteiger partial charge in [0.25, 0.3) is 0 Å². The minimum Gasteiger partial charge on any atom is -0.483 e. The third kappa shape index (κ3) is 6.33. The third-order valence-electron chi connectivity index (χ3n) is 5.38. The molecule has 1 unspecified atom stereocenters. The van der Waals surface area contributed by atoms with Crippen LogP contribution in [-0.2, 0) is 16.1 Å². The second kappa shape index (κ2) is 12.3. The van der Waals surface area contributed by atoms with Crippen LogP contribution in [0.2, 0.25) is 5.02 Å². The average Bonchev–Trinajstić information content (AvgIpc) is 3.51. The van der Waals surface area contributed by atoms with Crippen LogP contribution in [0.5, 0.6) is 5.75 Å². The van der Waals surface area contributed by atoms with Crippen LogP contribution >= 0.6 is 34.7 Å². The van der Waals surface area contributed by atoms with Crippen molar-refractivity contribution in [3.05, 3.63) is 76.4 Å². The zero-order valence-corrected chi connectivity index (χ0v) is 22.8. The Balaban J connectivity index is 1.45. The zero-order chi connectivity index (χ0) is 26.4. The molecule has 0 fully saturated rings. The number of thiophene rings is 1. The minimum atomic E-state index is -0.507. The van der Waals surface area contributed by atoms with Crippen LogP contribution in [0.3, 0.4) is 0 Å². The molecular weight excluding hydrogens is 532 g/mol. The molecule has 0 spiro atoms. The monoisotopic (exact) mass is 556 g/mol. The molecule has 0 radical (unpaired) electrons. The molecule has 0 saturated carbocycles. The zero-order valence-electron chi connectivity index (χ0n) is 20.4. The summed E-state index contributed by atoms with van der Waals surface area (Å²) in [7, 11) is 1.32. The molecule has 1 amide bonds. The van der Waals surface area contributed by atoms with Gasteiger partial charge >= 0.3 is 5.97 Å². The molecular formula is C26H25ClN4O4S2.